The number of hydrogen-bond donors (Lipinski definition) is 2. The minimum Gasteiger partial charge on any atom is -0.352 e. The molecule has 5 nitrogen and oxygen atoms in total. The molecule has 1 aliphatic heterocycles. The lowest BCUT2D eigenvalue weighted by molar-refractivity contribution is -0.928. The van der Waals surface area contributed by atoms with Crippen LogP contribution < -0.4 is 10.2 Å². The Morgan fingerprint density at radius 2 is 1.96 bits per heavy atom. The van der Waals surface area contributed by atoms with E-state index in [0.29, 0.717) is 17.7 Å². The molecule has 2 rings (SSSR count). The molecule has 0 aromatic heterocycles. The molecule has 0 radical (unpaired) electrons. The summed E-state index contributed by atoms with van der Waals surface area (Å²) in [5.41, 5.74) is 1.28. The average molecular weight is 354 g/mol. The molecular weight excluding hydrogens is 324 g/mol. The second kappa shape index (κ2) is 8.62. The van der Waals surface area contributed by atoms with Crippen LogP contribution in [0.4, 0.5) is 0 Å². The van der Waals surface area contributed by atoms with Crippen LogP contribution in [0.3, 0.4) is 0 Å². The molecule has 2 N–H and O–H groups in total. The first-order chi connectivity index (χ1) is 11.3. The normalized spacial score (nSPS) is 21.4. The summed E-state index contributed by atoms with van der Waals surface area (Å²) in [6.45, 7) is 5.34. The molecule has 0 aliphatic carbocycles. The lowest BCUT2D eigenvalue weighted by atomic mass is 10.0. The average Bonchev–Trinajstić information content (AvgIpc) is 2.52. The van der Waals surface area contributed by atoms with Crippen LogP contribution in [0.5, 0.6) is 0 Å². The number of amides is 1. The standard InChI is InChI=1S/C18H28N2O3S/c1-15-6-3-4-12-20(15)13-5-11-19-18(21)17-9-7-16(8-10-17)14-24(2,22)23/h7-10,15H,3-6,11-14H2,1-2H3,(H,19,21)/p+1/t15-/m0/s1. The van der Waals surface area contributed by atoms with Crippen molar-refractivity contribution in [3.05, 3.63) is 35.4 Å². The number of nitrogens with one attached hydrogen (secondary N) is 2. The summed E-state index contributed by atoms with van der Waals surface area (Å²) < 4.78 is 22.5. The van der Waals surface area contributed by atoms with Gasteiger partial charge in [-0.3, -0.25) is 4.79 Å². The van der Waals surface area contributed by atoms with Gasteiger partial charge in [-0.1, -0.05) is 12.1 Å². The van der Waals surface area contributed by atoms with E-state index < -0.39 is 9.84 Å². The van der Waals surface area contributed by atoms with Gasteiger partial charge < -0.3 is 10.2 Å². The topological polar surface area (TPSA) is 67.7 Å². The number of hydrogen-bond acceptors (Lipinski definition) is 3. The number of sulfone groups is 1. The van der Waals surface area contributed by atoms with Gasteiger partial charge in [-0.2, -0.15) is 0 Å². The smallest absolute Gasteiger partial charge is 0.251 e. The number of piperidine rings is 1. The molecule has 1 unspecified atom stereocenters. The lowest BCUT2D eigenvalue weighted by Gasteiger charge is -2.30. The molecule has 1 amide bonds. The monoisotopic (exact) mass is 353 g/mol. The minimum absolute atomic E-state index is 0.00565. The van der Waals surface area contributed by atoms with E-state index in [1.54, 1.807) is 29.2 Å². The van der Waals surface area contributed by atoms with E-state index in [1.165, 1.54) is 32.1 Å². The van der Waals surface area contributed by atoms with Crippen molar-refractivity contribution in [3.8, 4) is 0 Å². The number of carbonyl (C=O) groups excluding carboxylic acids is 1. The number of quaternary nitrogens is 1. The van der Waals surface area contributed by atoms with Gasteiger partial charge in [-0.25, -0.2) is 8.42 Å². The van der Waals surface area contributed by atoms with Crippen LogP contribution in [-0.2, 0) is 15.6 Å². The quantitative estimate of drug-likeness (QED) is 0.713. The van der Waals surface area contributed by atoms with Crippen LogP contribution in [-0.4, -0.2) is 46.3 Å². The maximum Gasteiger partial charge on any atom is 0.251 e. The van der Waals surface area contributed by atoms with E-state index >= 15 is 0 Å². The summed E-state index contributed by atoms with van der Waals surface area (Å²) >= 11 is 0. The summed E-state index contributed by atoms with van der Waals surface area (Å²) in [5, 5.41) is 2.95. The predicted octanol–water partition coefficient (Wildman–Crippen LogP) is 0.808. The highest BCUT2D eigenvalue weighted by atomic mass is 32.2. The highest BCUT2D eigenvalue weighted by Crippen LogP contribution is 2.08. The van der Waals surface area contributed by atoms with E-state index in [0.717, 1.165) is 19.0 Å². The third-order valence-electron chi connectivity index (χ3n) is 4.69. The van der Waals surface area contributed by atoms with Crippen molar-refractivity contribution in [2.24, 2.45) is 0 Å². The van der Waals surface area contributed by atoms with Gasteiger partial charge in [0.1, 0.15) is 0 Å². The molecule has 0 saturated carbocycles. The first-order valence-corrected chi connectivity index (χ1v) is 10.8. The molecule has 1 aromatic carbocycles. The van der Waals surface area contributed by atoms with E-state index in [9.17, 15) is 13.2 Å². The Labute approximate surface area is 145 Å². The van der Waals surface area contributed by atoms with Crippen molar-refractivity contribution in [2.45, 2.75) is 44.4 Å². The van der Waals surface area contributed by atoms with Crippen LogP contribution in [0.1, 0.15) is 48.5 Å². The maximum atomic E-state index is 12.1. The minimum atomic E-state index is -3.05. The van der Waals surface area contributed by atoms with Crippen LogP contribution >= 0.6 is 0 Å². The van der Waals surface area contributed by atoms with Gasteiger partial charge in [-0.05, 0) is 43.9 Å². The first-order valence-electron chi connectivity index (χ1n) is 8.74. The zero-order valence-electron chi connectivity index (χ0n) is 14.7. The Kier molecular flexibility index (Phi) is 6.80. The van der Waals surface area contributed by atoms with Crippen LogP contribution in [0, 0.1) is 0 Å². The van der Waals surface area contributed by atoms with E-state index in [4.69, 9.17) is 0 Å². The molecule has 6 heteroatoms. The molecule has 134 valence electrons. The second-order valence-corrected chi connectivity index (χ2v) is 9.07. The molecule has 1 fully saturated rings. The molecule has 1 saturated heterocycles. The fraction of sp³-hybridized carbons (Fsp3) is 0.611. The fourth-order valence-electron chi connectivity index (χ4n) is 3.30. The Morgan fingerprint density at radius 1 is 1.25 bits per heavy atom. The number of carbonyl (C=O) groups is 1. The predicted molar refractivity (Wildman–Crippen MR) is 95.9 cm³/mol. The summed E-state index contributed by atoms with van der Waals surface area (Å²) in [7, 11) is -3.05. The van der Waals surface area contributed by atoms with Crippen molar-refractivity contribution < 1.29 is 18.1 Å². The zero-order chi connectivity index (χ0) is 17.6. The molecule has 2 atom stereocenters. The molecular formula is C18H29N2O3S+. The van der Waals surface area contributed by atoms with Crippen molar-refractivity contribution >= 4 is 15.7 Å². The number of benzene rings is 1. The Bertz CT molecular complexity index is 641. The van der Waals surface area contributed by atoms with Crippen molar-refractivity contribution in [1.82, 2.24) is 5.32 Å². The van der Waals surface area contributed by atoms with Crippen LogP contribution in [0.15, 0.2) is 24.3 Å². The largest absolute Gasteiger partial charge is 0.352 e. The van der Waals surface area contributed by atoms with Crippen molar-refractivity contribution in [3.63, 3.8) is 0 Å². The number of rotatable bonds is 7. The number of likely N-dealkylation sites (tertiary alicyclic amines) is 1. The molecule has 1 aromatic rings. The van der Waals surface area contributed by atoms with Gasteiger partial charge in [0, 0.05) is 24.8 Å². The van der Waals surface area contributed by atoms with Gasteiger partial charge >= 0.3 is 0 Å². The summed E-state index contributed by atoms with van der Waals surface area (Å²) in [6, 6.07) is 7.52. The van der Waals surface area contributed by atoms with Gasteiger partial charge in [0.2, 0.25) is 0 Å². The molecule has 0 bridgehead atoms. The second-order valence-electron chi connectivity index (χ2n) is 6.93. The van der Waals surface area contributed by atoms with Crippen molar-refractivity contribution in [2.75, 3.05) is 25.9 Å². The lowest BCUT2D eigenvalue weighted by Crippen LogP contribution is -3.16. The van der Waals surface area contributed by atoms with Crippen LogP contribution in [0.2, 0.25) is 0 Å². The van der Waals surface area contributed by atoms with E-state index in [-0.39, 0.29) is 11.7 Å². The zero-order valence-corrected chi connectivity index (χ0v) is 15.5. The Hall–Kier alpha value is -1.40. The molecule has 0 spiro atoms. The fourth-order valence-corrected chi connectivity index (χ4v) is 4.10. The Morgan fingerprint density at radius 3 is 2.58 bits per heavy atom. The third-order valence-corrected chi connectivity index (χ3v) is 5.54. The molecule has 24 heavy (non-hydrogen) atoms. The SMILES string of the molecule is C[C@H]1CCCC[NH+]1CCCNC(=O)c1ccc(CS(C)(=O)=O)cc1. The maximum absolute atomic E-state index is 12.1. The first kappa shape index (κ1) is 18.9. The van der Waals surface area contributed by atoms with E-state index in [1.807, 2.05) is 0 Å². The third kappa shape index (κ3) is 6.24. The summed E-state index contributed by atoms with van der Waals surface area (Å²) in [6.07, 6.45) is 6.15. The highest BCUT2D eigenvalue weighted by molar-refractivity contribution is 7.89. The van der Waals surface area contributed by atoms with Gasteiger partial charge in [0.15, 0.2) is 9.84 Å². The summed E-state index contributed by atoms with van der Waals surface area (Å²) in [5.74, 6) is -0.0892. The van der Waals surface area contributed by atoms with E-state index in [2.05, 4.69) is 12.2 Å². The molecule has 1 aliphatic rings. The van der Waals surface area contributed by atoms with Gasteiger partial charge in [-0.15, -0.1) is 0 Å². The van der Waals surface area contributed by atoms with Crippen molar-refractivity contribution in [1.29, 1.82) is 0 Å². The highest BCUT2D eigenvalue weighted by Gasteiger charge is 2.20. The molecule has 1 heterocycles. The summed E-state index contributed by atoms with van der Waals surface area (Å²) in [4.78, 5) is 13.8. The van der Waals surface area contributed by atoms with Crippen LogP contribution in [0.25, 0.3) is 0 Å². The van der Waals surface area contributed by atoms with Gasteiger partial charge in [0.05, 0.1) is 24.9 Å². The Balaban J connectivity index is 1.74. The van der Waals surface area contributed by atoms with Gasteiger partial charge in [0.25, 0.3) is 5.91 Å².